The zero-order valence-electron chi connectivity index (χ0n) is 10.6. The van der Waals surface area contributed by atoms with E-state index in [0.717, 1.165) is 6.42 Å². The monoisotopic (exact) mass is 250 g/mol. The summed E-state index contributed by atoms with van der Waals surface area (Å²) >= 11 is 0. The molecule has 1 amide bonds. The van der Waals surface area contributed by atoms with Crippen LogP contribution in [0.15, 0.2) is 18.2 Å². The number of carbonyl (C=O) groups excluding carboxylic acids is 1. The van der Waals surface area contributed by atoms with Crippen LogP contribution in [0.4, 0.5) is 5.69 Å². The minimum Gasteiger partial charge on any atom is -0.478 e. The number of nitrogens with one attached hydrogen (secondary N) is 1. The molecule has 0 aliphatic rings. The zero-order chi connectivity index (χ0) is 13.7. The van der Waals surface area contributed by atoms with Crippen LogP contribution in [-0.4, -0.2) is 23.0 Å². The predicted octanol–water partition coefficient (Wildman–Crippen LogP) is 1.76. The number of carboxylic acids is 1. The highest BCUT2D eigenvalue weighted by Crippen LogP contribution is 2.19. The summed E-state index contributed by atoms with van der Waals surface area (Å²) in [6.07, 6.45) is 1.42. The van der Waals surface area contributed by atoms with Crippen molar-refractivity contribution in [3.8, 4) is 0 Å². The summed E-state index contributed by atoms with van der Waals surface area (Å²) in [5.74, 6) is -1.30. The molecule has 1 rings (SSSR count). The van der Waals surface area contributed by atoms with Crippen LogP contribution in [0.3, 0.4) is 0 Å². The summed E-state index contributed by atoms with van der Waals surface area (Å²) < 4.78 is 0. The fraction of sp³-hybridized carbons (Fsp3) is 0.385. The number of rotatable bonds is 5. The van der Waals surface area contributed by atoms with Gasteiger partial charge < -0.3 is 16.2 Å². The van der Waals surface area contributed by atoms with Gasteiger partial charge >= 0.3 is 5.97 Å². The van der Waals surface area contributed by atoms with Gasteiger partial charge in [-0.3, -0.25) is 4.79 Å². The molecule has 5 heteroatoms. The largest absolute Gasteiger partial charge is 0.478 e. The van der Waals surface area contributed by atoms with E-state index in [1.54, 1.807) is 19.1 Å². The maximum Gasteiger partial charge on any atom is 0.336 e. The van der Waals surface area contributed by atoms with Gasteiger partial charge in [-0.15, -0.1) is 0 Å². The Bertz CT molecular complexity index is 458. The number of aromatic carboxylic acids is 1. The van der Waals surface area contributed by atoms with Crippen molar-refractivity contribution in [2.24, 2.45) is 5.73 Å². The molecule has 1 aromatic carbocycles. The Morgan fingerprint density at radius 2 is 2.11 bits per heavy atom. The molecule has 0 saturated carbocycles. The van der Waals surface area contributed by atoms with E-state index in [1.165, 1.54) is 6.07 Å². The van der Waals surface area contributed by atoms with Gasteiger partial charge in [-0.05, 0) is 31.0 Å². The first kappa shape index (κ1) is 14.2. The molecule has 0 bridgehead atoms. The normalized spacial score (nSPS) is 11.9. The maximum atomic E-state index is 11.8. The molecule has 0 saturated heterocycles. The number of nitrogens with two attached hydrogens (primary N) is 1. The van der Waals surface area contributed by atoms with Crippen molar-refractivity contribution in [2.45, 2.75) is 32.7 Å². The van der Waals surface area contributed by atoms with Gasteiger partial charge in [0.2, 0.25) is 5.91 Å². The molecule has 1 aromatic rings. The highest BCUT2D eigenvalue weighted by atomic mass is 16.4. The number of anilines is 1. The van der Waals surface area contributed by atoms with Crippen LogP contribution in [0.2, 0.25) is 0 Å². The lowest BCUT2D eigenvalue weighted by Crippen LogP contribution is -2.35. The van der Waals surface area contributed by atoms with Crippen LogP contribution in [0.25, 0.3) is 0 Å². The topological polar surface area (TPSA) is 92.4 Å². The minimum atomic E-state index is -1.01. The Morgan fingerprint density at radius 1 is 1.44 bits per heavy atom. The Kier molecular flexibility index (Phi) is 4.85. The van der Waals surface area contributed by atoms with Crippen LogP contribution in [0.1, 0.15) is 35.7 Å². The van der Waals surface area contributed by atoms with E-state index in [0.29, 0.717) is 17.7 Å². The van der Waals surface area contributed by atoms with Crippen molar-refractivity contribution >= 4 is 17.6 Å². The molecule has 1 atom stereocenters. The predicted molar refractivity (Wildman–Crippen MR) is 69.7 cm³/mol. The second kappa shape index (κ2) is 6.16. The average Bonchev–Trinajstić information content (AvgIpc) is 2.31. The Labute approximate surface area is 106 Å². The minimum absolute atomic E-state index is 0.178. The quantitative estimate of drug-likeness (QED) is 0.742. The number of carboxylic acid groups (broad SMARTS) is 1. The van der Waals surface area contributed by atoms with Crippen molar-refractivity contribution in [1.29, 1.82) is 0 Å². The standard InChI is InChI=1S/C13H18N2O3/c1-3-5-10(14)12(16)15-11-7-4-6-9(8(11)2)13(17)18/h4,6-7,10H,3,5,14H2,1-2H3,(H,15,16)(H,17,18)/t10-/m0/s1. The summed E-state index contributed by atoms with van der Waals surface area (Å²) in [6, 6.07) is 4.19. The van der Waals surface area contributed by atoms with Crippen molar-refractivity contribution in [3.63, 3.8) is 0 Å². The van der Waals surface area contributed by atoms with Gasteiger partial charge in [0.25, 0.3) is 0 Å². The van der Waals surface area contributed by atoms with Gasteiger partial charge in [-0.2, -0.15) is 0 Å². The highest BCUT2D eigenvalue weighted by Gasteiger charge is 2.15. The molecule has 5 nitrogen and oxygen atoms in total. The molecule has 0 heterocycles. The maximum absolute atomic E-state index is 11.8. The number of hydrogen-bond donors (Lipinski definition) is 3. The van der Waals surface area contributed by atoms with E-state index in [2.05, 4.69) is 5.32 Å². The smallest absolute Gasteiger partial charge is 0.336 e. The lowest BCUT2D eigenvalue weighted by atomic mass is 10.1. The Morgan fingerprint density at radius 3 is 2.67 bits per heavy atom. The van der Waals surface area contributed by atoms with E-state index in [4.69, 9.17) is 10.8 Å². The first-order valence-electron chi connectivity index (χ1n) is 5.86. The summed E-state index contributed by atoms with van der Waals surface area (Å²) in [6.45, 7) is 3.61. The third-order valence-corrected chi connectivity index (χ3v) is 2.76. The van der Waals surface area contributed by atoms with Crippen LogP contribution >= 0.6 is 0 Å². The molecule has 98 valence electrons. The molecule has 0 spiro atoms. The zero-order valence-corrected chi connectivity index (χ0v) is 10.6. The van der Waals surface area contributed by atoms with Crippen molar-refractivity contribution in [2.75, 3.05) is 5.32 Å². The van der Waals surface area contributed by atoms with E-state index < -0.39 is 12.0 Å². The summed E-state index contributed by atoms with van der Waals surface area (Å²) in [4.78, 5) is 22.7. The first-order chi connectivity index (χ1) is 8.47. The van der Waals surface area contributed by atoms with E-state index >= 15 is 0 Å². The van der Waals surface area contributed by atoms with E-state index in [-0.39, 0.29) is 11.5 Å². The summed E-state index contributed by atoms with van der Waals surface area (Å²) in [5, 5.41) is 11.6. The lowest BCUT2D eigenvalue weighted by molar-refractivity contribution is -0.117. The van der Waals surface area contributed by atoms with E-state index in [1.807, 2.05) is 6.92 Å². The van der Waals surface area contributed by atoms with Gasteiger partial charge in [0.1, 0.15) is 0 Å². The first-order valence-corrected chi connectivity index (χ1v) is 5.86. The second-order valence-corrected chi connectivity index (χ2v) is 4.17. The SMILES string of the molecule is CCC[C@H](N)C(=O)Nc1cccc(C(=O)O)c1C. The van der Waals surface area contributed by atoms with Crippen molar-refractivity contribution in [1.82, 2.24) is 0 Å². The van der Waals surface area contributed by atoms with Crippen LogP contribution < -0.4 is 11.1 Å². The molecule has 0 fully saturated rings. The van der Waals surface area contributed by atoms with E-state index in [9.17, 15) is 9.59 Å². The molecule has 0 radical (unpaired) electrons. The van der Waals surface area contributed by atoms with Gasteiger partial charge in [-0.25, -0.2) is 4.79 Å². The molecule has 0 aliphatic carbocycles. The molecule has 0 unspecified atom stereocenters. The highest BCUT2D eigenvalue weighted by molar-refractivity contribution is 5.98. The molecule has 18 heavy (non-hydrogen) atoms. The molecule has 0 aliphatic heterocycles. The molecular weight excluding hydrogens is 232 g/mol. The van der Waals surface area contributed by atoms with Gasteiger partial charge in [-0.1, -0.05) is 19.4 Å². The summed E-state index contributed by atoms with van der Waals surface area (Å²) in [5.41, 5.74) is 6.89. The number of carbonyl (C=O) groups is 2. The lowest BCUT2D eigenvalue weighted by Gasteiger charge is -2.14. The van der Waals surface area contributed by atoms with Crippen LogP contribution in [-0.2, 0) is 4.79 Å². The third-order valence-electron chi connectivity index (χ3n) is 2.76. The molecule has 0 aromatic heterocycles. The Hall–Kier alpha value is -1.88. The molecular formula is C13H18N2O3. The van der Waals surface area contributed by atoms with Crippen LogP contribution in [0, 0.1) is 6.92 Å². The van der Waals surface area contributed by atoms with Gasteiger partial charge in [0, 0.05) is 5.69 Å². The average molecular weight is 250 g/mol. The number of benzene rings is 1. The van der Waals surface area contributed by atoms with Crippen LogP contribution in [0.5, 0.6) is 0 Å². The third kappa shape index (κ3) is 3.30. The second-order valence-electron chi connectivity index (χ2n) is 4.17. The van der Waals surface area contributed by atoms with Crippen molar-refractivity contribution < 1.29 is 14.7 Å². The van der Waals surface area contributed by atoms with Gasteiger partial charge in [0.15, 0.2) is 0 Å². The Balaban J connectivity index is 2.88. The van der Waals surface area contributed by atoms with Crippen molar-refractivity contribution in [3.05, 3.63) is 29.3 Å². The fourth-order valence-electron chi connectivity index (χ4n) is 1.67. The molecule has 4 N–H and O–H groups in total. The number of hydrogen-bond acceptors (Lipinski definition) is 3. The number of amides is 1. The fourth-order valence-corrected chi connectivity index (χ4v) is 1.67. The summed E-state index contributed by atoms with van der Waals surface area (Å²) in [7, 11) is 0. The van der Waals surface area contributed by atoms with Gasteiger partial charge in [0.05, 0.1) is 11.6 Å².